The summed E-state index contributed by atoms with van der Waals surface area (Å²) in [6.07, 6.45) is 1.60. The molecule has 1 aromatic carbocycles. The number of aromatic nitrogens is 5. The van der Waals surface area contributed by atoms with Crippen molar-refractivity contribution in [2.24, 2.45) is 7.05 Å². The maximum Gasteiger partial charge on any atom is 0.230 e. The Kier molecular flexibility index (Phi) is 5.16. The van der Waals surface area contributed by atoms with Crippen LogP contribution in [-0.2, 0) is 24.9 Å². The second-order valence-electron chi connectivity index (χ2n) is 6.17. The number of fused-ring (bicyclic) bond motifs is 1. The first-order valence-electron chi connectivity index (χ1n) is 8.94. The van der Waals surface area contributed by atoms with E-state index in [0.29, 0.717) is 29.8 Å². The maximum absolute atomic E-state index is 12.3. The summed E-state index contributed by atoms with van der Waals surface area (Å²) < 4.78 is 9.33. The largest absolute Gasteiger partial charge is 0.461 e. The number of furan rings is 1. The van der Waals surface area contributed by atoms with Crippen molar-refractivity contribution in [1.82, 2.24) is 29.6 Å². The van der Waals surface area contributed by atoms with Crippen molar-refractivity contribution in [3.8, 4) is 11.6 Å². The van der Waals surface area contributed by atoms with E-state index in [4.69, 9.17) is 4.42 Å². The minimum Gasteiger partial charge on any atom is -0.461 e. The van der Waals surface area contributed by atoms with Crippen LogP contribution < -0.4 is 5.32 Å². The Morgan fingerprint density at radius 1 is 1.21 bits per heavy atom. The number of nitrogens with zero attached hydrogens (tertiary/aromatic N) is 5. The molecule has 1 N–H and O–H groups in total. The van der Waals surface area contributed by atoms with Gasteiger partial charge in [0.15, 0.2) is 16.7 Å². The van der Waals surface area contributed by atoms with Crippen LogP contribution in [0.1, 0.15) is 12.7 Å². The standard InChI is InChI=1S/C19H20N6O2S/c1-3-25-18(15-9-6-10-27-15)22-23-19(25)28-12-17(26)20-11-16-21-13-7-4-5-8-14(13)24(16)2/h4-10H,3,11-12H2,1-2H3,(H,20,26). The summed E-state index contributed by atoms with van der Waals surface area (Å²) in [6.45, 7) is 3.07. The van der Waals surface area contributed by atoms with Gasteiger partial charge in [-0.25, -0.2) is 4.98 Å². The van der Waals surface area contributed by atoms with Gasteiger partial charge < -0.3 is 14.3 Å². The molecule has 0 bridgehead atoms. The van der Waals surface area contributed by atoms with Crippen molar-refractivity contribution in [2.75, 3.05) is 5.75 Å². The number of thioether (sulfide) groups is 1. The van der Waals surface area contributed by atoms with Crippen LogP contribution in [0, 0.1) is 0 Å². The molecule has 3 aromatic heterocycles. The zero-order chi connectivity index (χ0) is 19.5. The van der Waals surface area contributed by atoms with Gasteiger partial charge in [0.05, 0.1) is 29.6 Å². The number of benzene rings is 1. The third kappa shape index (κ3) is 3.53. The summed E-state index contributed by atoms with van der Waals surface area (Å²) in [5.74, 6) is 2.31. The van der Waals surface area contributed by atoms with Gasteiger partial charge in [-0.1, -0.05) is 23.9 Å². The molecule has 0 aliphatic rings. The highest BCUT2D eigenvalue weighted by Gasteiger charge is 2.16. The lowest BCUT2D eigenvalue weighted by atomic mass is 10.3. The monoisotopic (exact) mass is 396 g/mol. The minimum atomic E-state index is -0.0812. The van der Waals surface area contributed by atoms with E-state index in [0.717, 1.165) is 16.9 Å². The van der Waals surface area contributed by atoms with E-state index >= 15 is 0 Å². The molecule has 0 aliphatic heterocycles. The number of rotatable bonds is 7. The van der Waals surface area contributed by atoms with E-state index in [9.17, 15) is 4.79 Å². The molecule has 1 amide bonds. The SMILES string of the molecule is CCn1c(SCC(=O)NCc2nc3ccccc3n2C)nnc1-c1ccco1. The Balaban J connectivity index is 1.38. The van der Waals surface area contributed by atoms with Crippen molar-refractivity contribution >= 4 is 28.7 Å². The van der Waals surface area contributed by atoms with Crippen molar-refractivity contribution in [3.63, 3.8) is 0 Å². The van der Waals surface area contributed by atoms with Crippen molar-refractivity contribution in [3.05, 3.63) is 48.5 Å². The predicted molar refractivity (Wildman–Crippen MR) is 107 cm³/mol. The number of carbonyl (C=O) groups excluding carboxylic acids is 1. The van der Waals surface area contributed by atoms with Gasteiger partial charge >= 0.3 is 0 Å². The number of aryl methyl sites for hydroxylation is 1. The Morgan fingerprint density at radius 3 is 2.82 bits per heavy atom. The zero-order valence-corrected chi connectivity index (χ0v) is 16.4. The van der Waals surface area contributed by atoms with Crippen LogP contribution in [0.2, 0.25) is 0 Å². The van der Waals surface area contributed by atoms with Gasteiger partial charge in [-0.15, -0.1) is 10.2 Å². The number of hydrogen-bond donors (Lipinski definition) is 1. The van der Waals surface area contributed by atoms with Crippen LogP contribution in [0.15, 0.2) is 52.2 Å². The molecule has 144 valence electrons. The van der Waals surface area contributed by atoms with Crippen molar-refractivity contribution in [2.45, 2.75) is 25.2 Å². The summed E-state index contributed by atoms with van der Waals surface area (Å²) in [4.78, 5) is 16.9. The minimum absolute atomic E-state index is 0.0812. The number of hydrogen-bond acceptors (Lipinski definition) is 6. The number of carbonyl (C=O) groups is 1. The van der Waals surface area contributed by atoms with E-state index in [-0.39, 0.29) is 11.7 Å². The molecule has 0 spiro atoms. The normalized spacial score (nSPS) is 11.2. The fourth-order valence-electron chi connectivity index (χ4n) is 2.98. The average molecular weight is 396 g/mol. The predicted octanol–water partition coefficient (Wildman–Crippen LogP) is 2.85. The fraction of sp³-hybridized carbons (Fsp3) is 0.263. The molecule has 0 fully saturated rings. The third-order valence-electron chi connectivity index (χ3n) is 4.43. The van der Waals surface area contributed by atoms with Crippen LogP contribution in [-0.4, -0.2) is 36.0 Å². The molecule has 8 nitrogen and oxygen atoms in total. The molecule has 0 saturated heterocycles. The zero-order valence-electron chi connectivity index (χ0n) is 15.6. The van der Waals surface area contributed by atoms with Gasteiger partial charge in [-0.2, -0.15) is 0 Å². The van der Waals surface area contributed by atoms with Crippen molar-refractivity contribution < 1.29 is 9.21 Å². The molecule has 0 atom stereocenters. The average Bonchev–Trinajstić information content (AvgIpc) is 3.44. The summed E-state index contributed by atoms with van der Waals surface area (Å²) in [6, 6.07) is 11.6. The van der Waals surface area contributed by atoms with Gasteiger partial charge in [0, 0.05) is 13.6 Å². The molecule has 4 aromatic rings. The maximum atomic E-state index is 12.3. The molecular formula is C19H20N6O2S. The molecule has 0 aliphatic carbocycles. The van der Waals surface area contributed by atoms with E-state index in [1.807, 2.05) is 59.5 Å². The highest BCUT2D eigenvalue weighted by Crippen LogP contribution is 2.24. The highest BCUT2D eigenvalue weighted by atomic mass is 32.2. The summed E-state index contributed by atoms with van der Waals surface area (Å²) in [7, 11) is 1.95. The molecule has 3 heterocycles. The van der Waals surface area contributed by atoms with E-state index < -0.39 is 0 Å². The second-order valence-corrected chi connectivity index (χ2v) is 7.11. The van der Waals surface area contributed by atoms with Crippen molar-refractivity contribution in [1.29, 1.82) is 0 Å². The van der Waals surface area contributed by atoms with Crippen LogP contribution in [0.3, 0.4) is 0 Å². The number of imidazole rings is 1. The van der Waals surface area contributed by atoms with Gasteiger partial charge in [-0.05, 0) is 31.2 Å². The summed E-state index contributed by atoms with van der Waals surface area (Å²) in [5, 5.41) is 12.0. The van der Waals surface area contributed by atoms with E-state index in [1.54, 1.807) is 6.26 Å². The topological polar surface area (TPSA) is 90.8 Å². The molecule has 0 unspecified atom stereocenters. The molecule has 28 heavy (non-hydrogen) atoms. The lowest BCUT2D eigenvalue weighted by Gasteiger charge is -2.07. The number of para-hydroxylation sites is 2. The Hall–Kier alpha value is -3.07. The van der Waals surface area contributed by atoms with E-state index in [2.05, 4.69) is 20.5 Å². The third-order valence-corrected chi connectivity index (χ3v) is 5.40. The van der Waals surface area contributed by atoms with Crippen LogP contribution in [0.25, 0.3) is 22.6 Å². The Morgan fingerprint density at radius 2 is 2.07 bits per heavy atom. The smallest absolute Gasteiger partial charge is 0.230 e. The molecule has 0 saturated carbocycles. The lowest BCUT2D eigenvalue weighted by molar-refractivity contribution is -0.118. The van der Waals surface area contributed by atoms with Gasteiger partial charge in [0.2, 0.25) is 5.91 Å². The molecule has 9 heteroatoms. The fourth-order valence-corrected chi connectivity index (χ4v) is 3.81. The summed E-state index contributed by atoms with van der Waals surface area (Å²) in [5.41, 5.74) is 1.97. The number of amides is 1. The van der Waals surface area contributed by atoms with Gasteiger partial charge in [0.1, 0.15) is 5.82 Å². The number of nitrogens with one attached hydrogen (secondary N) is 1. The Bertz CT molecular complexity index is 1100. The highest BCUT2D eigenvalue weighted by molar-refractivity contribution is 7.99. The first kappa shape index (κ1) is 18.3. The van der Waals surface area contributed by atoms with Gasteiger partial charge in [-0.3, -0.25) is 9.36 Å². The lowest BCUT2D eigenvalue weighted by Crippen LogP contribution is -2.26. The quantitative estimate of drug-likeness (QED) is 0.483. The van der Waals surface area contributed by atoms with Gasteiger partial charge in [0.25, 0.3) is 0 Å². The summed E-state index contributed by atoms with van der Waals surface area (Å²) >= 11 is 1.35. The van der Waals surface area contributed by atoms with Crippen LogP contribution in [0.5, 0.6) is 0 Å². The molecule has 0 radical (unpaired) electrons. The first-order chi connectivity index (χ1) is 13.7. The van der Waals surface area contributed by atoms with E-state index in [1.165, 1.54) is 11.8 Å². The first-order valence-corrected chi connectivity index (χ1v) is 9.93. The molecule has 4 rings (SSSR count). The van der Waals surface area contributed by atoms with Crippen LogP contribution >= 0.6 is 11.8 Å². The molecular weight excluding hydrogens is 376 g/mol. The second kappa shape index (κ2) is 7.89. The Labute approximate surface area is 166 Å². The van der Waals surface area contributed by atoms with Crippen LogP contribution in [0.4, 0.5) is 0 Å².